The third kappa shape index (κ3) is 4.26. The third-order valence-electron chi connectivity index (χ3n) is 2.44. The first-order valence-electron chi connectivity index (χ1n) is 5.07. The lowest BCUT2D eigenvalue weighted by atomic mass is 9.80. The van der Waals surface area contributed by atoms with E-state index >= 15 is 0 Å². The van der Waals surface area contributed by atoms with Crippen LogP contribution in [0.2, 0.25) is 0 Å². The summed E-state index contributed by atoms with van der Waals surface area (Å²) in [5.41, 5.74) is 0.0164. The van der Waals surface area contributed by atoms with Gasteiger partial charge in [-0.25, -0.2) is 0 Å². The van der Waals surface area contributed by atoms with Gasteiger partial charge in [-0.15, -0.1) is 0 Å². The van der Waals surface area contributed by atoms with Gasteiger partial charge in [0.25, 0.3) is 0 Å². The number of nitrogens with zero attached hydrogens (tertiary/aromatic N) is 1. The van der Waals surface area contributed by atoms with Gasteiger partial charge in [-0.3, -0.25) is 4.99 Å². The van der Waals surface area contributed by atoms with Crippen molar-refractivity contribution in [3.8, 4) is 0 Å². The second-order valence-electron chi connectivity index (χ2n) is 3.90. The minimum atomic E-state index is 0.0164. The van der Waals surface area contributed by atoms with Crippen LogP contribution in [-0.4, -0.2) is 13.3 Å². The fraction of sp³-hybridized carbons (Fsp3) is 0.583. The second-order valence-corrected chi connectivity index (χ2v) is 3.90. The van der Waals surface area contributed by atoms with E-state index in [4.69, 9.17) is 0 Å². The van der Waals surface area contributed by atoms with E-state index in [2.05, 4.69) is 37.2 Å². The highest BCUT2D eigenvalue weighted by atomic mass is 14.8. The Morgan fingerprint density at radius 1 is 1.36 bits per heavy atom. The Balaban J connectivity index is 4.63. The molecular weight excluding hydrogens is 172 g/mol. The van der Waals surface area contributed by atoms with Crippen LogP contribution in [0.25, 0.3) is 0 Å². The Morgan fingerprint density at radius 2 is 2.00 bits per heavy atom. The smallest absolute Gasteiger partial charge is 0.0247 e. The number of rotatable bonds is 5. The zero-order chi connectivity index (χ0) is 11.0. The highest BCUT2D eigenvalue weighted by Crippen LogP contribution is 2.26. The van der Waals surface area contributed by atoms with Crippen molar-refractivity contribution in [1.29, 1.82) is 0 Å². The Hall–Kier alpha value is -1.05. The Labute approximate surface area is 87.8 Å². The maximum atomic E-state index is 4.25. The molecule has 0 spiro atoms. The number of hydrogen-bond donors (Lipinski definition) is 1. The molecule has 1 N–H and O–H groups in total. The highest BCUT2D eigenvalue weighted by molar-refractivity contribution is 5.69. The predicted molar refractivity (Wildman–Crippen MR) is 64.5 cm³/mol. The summed E-state index contributed by atoms with van der Waals surface area (Å²) in [6.45, 7) is 8.54. The van der Waals surface area contributed by atoms with Gasteiger partial charge in [0.15, 0.2) is 0 Å². The molecule has 0 saturated carbocycles. The molecule has 14 heavy (non-hydrogen) atoms. The SMILES string of the molecule is C/C=C/N=C\C(C)(/C=C\NC)C(C)C. The van der Waals surface area contributed by atoms with Crippen molar-refractivity contribution in [2.24, 2.45) is 16.3 Å². The summed E-state index contributed by atoms with van der Waals surface area (Å²) >= 11 is 0. The first kappa shape index (κ1) is 12.9. The zero-order valence-electron chi connectivity index (χ0n) is 9.91. The molecule has 2 heteroatoms. The van der Waals surface area contributed by atoms with E-state index in [-0.39, 0.29) is 5.41 Å². The molecular formula is C12H22N2. The standard InChI is InChI=1S/C12H22N2/c1-6-8-14-10-12(4,11(2)3)7-9-13-5/h6-11,13H,1-5H3/b8-6+,9-7-,14-10-. The van der Waals surface area contributed by atoms with Crippen molar-refractivity contribution in [1.82, 2.24) is 5.32 Å². The second kappa shape index (κ2) is 6.41. The average Bonchev–Trinajstić information content (AvgIpc) is 2.15. The summed E-state index contributed by atoms with van der Waals surface area (Å²) in [7, 11) is 1.90. The molecule has 0 aromatic rings. The average molecular weight is 194 g/mol. The maximum absolute atomic E-state index is 4.25. The summed E-state index contributed by atoms with van der Waals surface area (Å²) in [5.74, 6) is 0.529. The molecule has 0 bridgehead atoms. The molecule has 2 nitrogen and oxygen atoms in total. The van der Waals surface area contributed by atoms with Gasteiger partial charge in [-0.1, -0.05) is 32.9 Å². The Kier molecular flexibility index (Phi) is 5.93. The lowest BCUT2D eigenvalue weighted by Crippen LogP contribution is -2.23. The van der Waals surface area contributed by atoms with E-state index in [1.54, 1.807) is 0 Å². The molecule has 0 aliphatic heterocycles. The van der Waals surface area contributed by atoms with E-state index in [1.165, 1.54) is 0 Å². The van der Waals surface area contributed by atoms with Crippen LogP contribution in [0.4, 0.5) is 0 Å². The number of allylic oxidation sites excluding steroid dienone is 2. The zero-order valence-corrected chi connectivity index (χ0v) is 9.91. The molecule has 0 radical (unpaired) electrons. The summed E-state index contributed by atoms with van der Waals surface area (Å²) in [5, 5.41) is 3.01. The van der Waals surface area contributed by atoms with Gasteiger partial charge in [0, 0.05) is 24.9 Å². The number of hydrogen-bond acceptors (Lipinski definition) is 2. The molecule has 0 saturated heterocycles. The van der Waals surface area contributed by atoms with Crippen molar-refractivity contribution in [3.63, 3.8) is 0 Å². The first-order chi connectivity index (χ1) is 6.56. The van der Waals surface area contributed by atoms with Gasteiger partial charge in [-0.05, 0) is 19.0 Å². The van der Waals surface area contributed by atoms with Gasteiger partial charge in [-0.2, -0.15) is 0 Å². The molecule has 0 heterocycles. The van der Waals surface area contributed by atoms with E-state index in [1.807, 2.05) is 38.7 Å². The van der Waals surface area contributed by atoms with Gasteiger partial charge in [0.1, 0.15) is 0 Å². The van der Waals surface area contributed by atoms with Crippen LogP contribution in [-0.2, 0) is 0 Å². The molecule has 80 valence electrons. The van der Waals surface area contributed by atoms with E-state index in [9.17, 15) is 0 Å². The first-order valence-corrected chi connectivity index (χ1v) is 5.07. The summed E-state index contributed by atoms with van der Waals surface area (Å²) in [6.07, 6.45) is 9.84. The van der Waals surface area contributed by atoms with Crippen LogP contribution in [0.3, 0.4) is 0 Å². The van der Waals surface area contributed by atoms with Gasteiger partial charge >= 0.3 is 0 Å². The largest absolute Gasteiger partial charge is 0.394 e. The fourth-order valence-corrected chi connectivity index (χ4v) is 0.937. The van der Waals surface area contributed by atoms with Crippen molar-refractivity contribution in [2.45, 2.75) is 27.7 Å². The molecule has 1 atom stereocenters. The number of nitrogens with one attached hydrogen (secondary N) is 1. The van der Waals surface area contributed by atoms with E-state index in [0.717, 1.165) is 0 Å². The van der Waals surface area contributed by atoms with Gasteiger partial charge in [0.2, 0.25) is 0 Å². The minimum absolute atomic E-state index is 0.0164. The van der Waals surface area contributed by atoms with Crippen LogP contribution >= 0.6 is 0 Å². The monoisotopic (exact) mass is 194 g/mol. The lowest BCUT2D eigenvalue weighted by molar-refractivity contribution is 0.422. The predicted octanol–water partition coefficient (Wildman–Crippen LogP) is 2.99. The summed E-state index contributed by atoms with van der Waals surface area (Å²) < 4.78 is 0. The van der Waals surface area contributed by atoms with Gasteiger partial charge < -0.3 is 5.32 Å². The quantitative estimate of drug-likeness (QED) is 0.668. The van der Waals surface area contributed by atoms with Crippen LogP contribution in [0.1, 0.15) is 27.7 Å². The molecule has 0 aliphatic rings. The summed E-state index contributed by atoms with van der Waals surface area (Å²) in [6, 6.07) is 0. The molecule has 0 aromatic heterocycles. The van der Waals surface area contributed by atoms with Gasteiger partial charge in [0.05, 0.1) is 0 Å². The van der Waals surface area contributed by atoms with Crippen molar-refractivity contribution < 1.29 is 0 Å². The Morgan fingerprint density at radius 3 is 2.43 bits per heavy atom. The van der Waals surface area contributed by atoms with Crippen LogP contribution in [0.5, 0.6) is 0 Å². The van der Waals surface area contributed by atoms with Crippen molar-refractivity contribution in [3.05, 3.63) is 24.6 Å². The lowest BCUT2D eigenvalue weighted by Gasteiger charge is -2.25. The normalized spacial score (nSPS) is 17.3. The van der Waals surface area contributed by atoms with Crippen LogP contribution < -0.4 is 5.32 Å². The molecule has 0 aromatic carbocycles. The third-order valence-corrected chi connectivity index (χ3v) is 2.44. The molecule has 0 fully saturated rings. The molecule has 0 amide bonds. The van der Waals surface area contributed by atoms with E-state index in [0.29, 0.717) is 5.92 Å². The van der Waals surface area contributed by atoms with Crippen molar-refractivity contribution in [2.75, 3.05) is 7.05 Å². The topological polar surface area (TPSA) is 24.4 Å². The van der Waals surface area contributed by atoms with Crippen molar-refractivity contribution >= 4 is 6.21 Å². The summed E-state index contributed by atoms with van der Waals surface area (Å²) in [4.78, 5) is 4.25. The number of aliphatic imine (C=N–C) groups is 1. The van der Waals surface area contributed by atoms with Crippen LogP contribution in [0.15, 0.2) is 29.5 Å². The van der Waals surface area contributed by atoms with Crippen LogP contribution in [0, 0.1) is 11.3 Å². The minimum Gasteiger partial charge on any atom is -0.394 e. The molecule has 0 rings (SSSR count). The molecule has 1 unspecified atom stereocenters. The molecule has 0 aliphatic carbocycles. The Bertz CT molecular complexity index is 226. The maximum Gasteiger partial charge on any atom is 0.0247 e. The highest BCUT2D eigenvalue weighted by Gasteiger charge is 2.22. The fourth-order valence-electron chi connectivity index (χ4n) is 0.937. The van der Waals surface area contributed by atoms with E-state index < -0.39 is 0 Å².